The molecule has 0 amide bonds. The number of hydrogen-bond donors (Lipinski definition) is 2. The molecule has 0 aliphatic rings. The van der Waals surface area contributed by atoms with Crippen LogP contribution in [0.4, 0.5) is 0 Å². The van der Waals surface area contributed by atoms with Crippen LogP contribution in [0.2, 0.25) is 0 Å². The van der Waals surface area contributed by atoms with Gasteiger partial charge in [0.15, 0.2) is 5.96 Å². The lowest BCUT2D eigenvalue weighted by Crippen LogP contribution is -2.33. The summed E-state index contributed by atoms with van der Waals surface area (Å²) in [6, 6.07) is 8.23. The predicted octanol–water partition coefficient (Wildman–Crippen LogP) is 1.61. The topological polar surface area (TPSA) is 62.9 Å². The van der Waals surface area contributed by atoms with Gasteiger partial charge in [-0.3, -0.25) is 4.99 Å². The molecule has 0 saturated carbocycles. The van der Waals surface area contributed by atoms with Crippen LogP contribution < -0.4 is 15.8 Å². The minimum atomic E-state index is 0.173. The van der Waals surface area contributed by atoms with E-state index in [2.05, 4.69) is 28.2 Å². The van der Waals surface area contributed by atoms with E-state index in [-0.39, 0.29) is 6.04 Å². The molecule has 5 nitrogen and oxygen atoms in total. The Balaban J connectivity index is 2.78. The average molecular weight is 278 g/mol. The maximum atomic E-state index is 5.84. The summed E-state index contributed by atoms with van der Waals surface area (Å²) in [5.41, 5.74) is 7.01. The summed E-state index contributed by atoms with van der Waals surface area (Å²) in [6.07, 6.45) is 1.03. The number of nitrogens with two attached hydrogens (primary N) is 1. The number of nitrogens with one attached hydrogen (secondary N) is 1. The number of aliphatic imine (C=N–C) groups is 1. The lowest BCUT2D eigenvalue weighted by atomic mass is 10.1. The highest BCUT2D eigenvalue weighted by Crippen LogP contribution is 2.22. The van der Waals surface area contributed by atoms with Crippen LogP contribution in [-0.2, 0) is 0 Å². The van der Waals surface area contributed by atoms with Crippen LogP contribution in [0.15, 0.2) is 29.3 Å². The summed E-state index contributed by atoms with van der Waals surface area (Å²) in [5, 5.41) is 3.09. The van der Waals surface area contributed by atoms with Crippen molar-refractivity contribution in [2.24, 2.45) is 10.7 Å². The highest BCUT2D eigenvalue weighted by molar-refractivity contribution is 5.77. The minimum Gasteiger partial charge on any atom is -0.497 e. The number of rotatable bonds is 7. The highest BCUT2D eigenvalue weighted by atomic mass is 16.5. The Hall–Kier alpha value is -1.75. The fourth-order valence-electron chi connectivity index (χ4n) is 1.91. The predicted molar refractivity (Wildman–Crippen MR) is 84.2 cm³/mol. The van der Waals surface area contributed by atoms with Crippen molar-refractivity contribution < 1.29 is 4.74 Å². The van der Waals surface area contributed by atoms with Crippen LogP contribution in [-0.4, -0.2) is 45.2 Å². The zero-order valence-corrected chi connectivity index (χ0v) is 12.9. The third-order valence-corrected chi connectivity index (χ3v) is 3.09. The second-order valence-corrected chi connectivity index (χ2v) is 4.91. The highest BCUT2D eigenvalue weighted by Gasteiger charge is 2.14. The van der Waals surface area contributed by atoms with Crippen LogP contribution >= 0.6 is 0 Å². The van der Waals surface area contributed by atoms with Gasteiger partial charge in [0.25, 0.3) is 0 Å². The van der Waals surface area contributed by atoms with Gasteiger partial charge < -0.3 is 20.7 Å². The van der Waals surface area contributed by atoms with Crippen molar-refractivity contribution >= 4 is 5.96 Å². The third-order valence-electron chi connectivity index (χ3n) is 3.09. The standard InChI is InChI=1S/C15H26N4O/c1-5-9-17-15(16)18-11-14(19(2)3)12-7-6-8-13(10-12)20-4/h6-8,10,14H,5,9,11H2,1-4H3,(H3,16,17,18). The average Bonchev–Trinajstić information content (AvgIpc) is 2.45. The SMILES string of the molecule is CCCNC(N)=NCC(c1cccc(OC)c1)N(C)C. The number of hydrogen-bond acceptors (Lipinski definition) is 3. The summed E-state index contributed by atoms with van der Waals surface area (Å²) in [6.45, 7) is 3.56. The van der Waals surface area contributed by atoms with Crippen molar-refractivity contribution in [1.82, 2.24) is 10.2 Å². The Morgan fingerprint density at radius 3 is 2.80 bits per heavy atom. The number of likely N-dealkylation sites (N-methyl/N-ethyl adjacent to an activating group) is 1. The van der Waals surface area contributed by atoms with E-state index in [4.69, 9.17) is 10.5 Å². The molecule has 1 aromatic rings. The monoisotopic (exact) mass is 278 g/mol. The quantitative estimate of drug-likeness (QED) is 0.587. The first-order valence-electron chi connectivity index (χ1n) is 6.92. The Kier molecular flexibility index (Phi) is 6.87. The molecule has 0 aromatic heterocycles. The molecular weight excluding hydrogens is 252 g/mol. The smallest absolute Gasteiger partial charge is 0.188 e. The Morgan fingerprint density at radius 1 is 1.45 bits per heavy atom. The van der Waals surface area contributed by atoms with Crippen LogP contribution in [0.1, 0.15) is 24.9 Å². The zero-order chi connectivity index (χ0) is 15.0. The molecule has 1 rings (SSSR count). The maximum Gasteiger partial charge on any atom is 0.188 e. The van der Waals surface area contributed by atoms with E-state index in [0.717, 1.165) is 18.7 Å². The van der Waals surface area contributed by atoms with Gasteiger partial charge >= 0.3 is 0 Å². The van der Waals surface area contributed by atoms with Gasteiger partial charge in [-0.25, -0.2) is 0 Å². The van der Waals surface area contributed by atoms with E-state index < -0.39 is 0 Å². The lowest BCUT2D eigenvalue weighted by Gasteiger charge is -2.23. The van der Waals surface area contributed by atoms with Crippen LogP contribution in [0.3, 0.4) is 0 Å². The summed E-state index contributed by atoms with van der Waals surface area (Å²) in [7, 11) is 5.75. The molecular formula is C15H26N4O. The fourth-order valence-corrected chi connectivity index (χ4v) is 1.91. The largest absolute Gasteiger partial charge is 0.497 e. The molecule has 1 atom stereocenters. The second kappa shape index (κ2) is 8.43. The molecule has 0 fully saturated rings. The molecule has 112 valence electrons. The van der Waals surface area contributed by atoms with Gasteiger partial charge in [0.2, 0.25) is 0 Å². The molecule has 0 bridgehead atoms. The number of ether oxygens (including phenoxy) is 1. The first kappa shape index (κ1) is 16.3. The molecule has 20 heavy (non-hydrogen) atoms. The van der Waals surface area contributed by atoms with Crippen molar-refractivity contribution in [3.8, 4) is 5.75 Å². The Labute approximate surface area is 121 Å². The maximum absolute atomic E-state index is 5.84. The van der Waals surface area contributed by atoms with Crippen LogP contribution in [0, 0.1) is 0 Å². The molecule has 5 heteroatoms. The third kappa shape index (κ3) is 5.09. The van der Waals surface area contributed by atoms with Crippen LogP contribution in [0.25, 0.3) is 0 Å². The van der Waals surface area contributed by atoms with Gasteiger partial charge in [-0.2, -0.15) is 0 Å². The first-order valence-corrected chi connectivity index (χ1v) is 6.92. The van der Waals surface area contributed by atoms with Crippen molar-refractivity contribution in [2.45, 2.75) is 19.4 Å². The fraction of sp³-hybridized carbons (Fsp3) is 0.533. The molecule has 0 saturated heterocycles. The molecule has 1 aromatic carbocycles. The first-order chi connectivity index (χ1) is 9.58. The molecule has 0 spiro atoms. The lowest BCUT2D eigenvalue weighted by molar-refractivity contribution is 0.305. The molecule has 3 N–H and O–H groups in total. The molecule has 0 aliphatic carbocycles. The molecule has 1 unspecified atom stereocenters. The summed E-state index contributed by atoms with van der Waals surface area (Å²) in [4.78, 5) is 6.55. The molecule has 0 aliphatic heterocycles. The zero-order valence-electron chi connectivity index (χ0n) is 12.9. The number of guanidine groups is 1. The van der Waals surface area contributed by atoms with Gasteiger partial charge in [-0.05, 0) is 38.2 Å². The summed E-state index contributed by atoms with van der Waals surface area (Å²) < 4.78 is 5.27. The van der Waals surface area contributed by atoms with E-state index in [0.29, 0.717) is 12.5 Å². The van der Waals surface area contributed by atoms with E-state index in [9.17, 15) is 0 Å². The normalized spacial score (nSPS) is 13.3. The minimum absolute atomic E-state index is 0.173. The van der Waals surface area contributed by atoms with Gasteiger partial charge in [0, 0.05) is 6.54 Å². The van der Waals surface area contributed by atoms with Crippen molar-refractivity contribution in [3.05, 3.63) is 29.8 Å². The van der Waals surface area contributed by atoms with Crippen molar-refractivity contribution in [2.75, 3.05) is 34.3 Å². The second-order valence-electron chi connectivity index (χ2n) is 4.91. The Morgan fingerprint density at radius 2 is 2.20 bits per heavy atom. The molecule has 0 heterocycles. The van der Waals surface area contributed by atoms with E-state index in [1.54, 1.807) is 7.11 Å². The van der Waals surface area contributed by atoms with E-state index >= 15 is 0 Å². The number of nitrogens with zero attached hydrogens (tertiary/aromatic N) is 2. The van der Waals surface area contributed by atoms with E-state index in [1.165, 1.54) is 5.56 Å². The summed E-state index contributed by atoms with van der Waals surface area (Å²) in [5.74, 6) is 1.36. The van der Waals surface area contributed by atoms with Gasteiger partial charge in [0.1, 0.15) is 5.75 Å². The van der Waals surface area contributed by atoms with Crippen molar-refractivity contribution in [1.29, 1.82) is 0 Å². The van der Waals surface area contributed by atoms with Gasteiger partial charge in [-0.15, -0.1) is 0 Å². The number of benzene rings is 1. The van der Waals surface area contributed by atoms with E-state index in [1.807, 2.05) is 32.3 Å². The molecule has 0 radical (unpaired) electrons. The van der Waals surface area contributed by atoms with Gasteiger partial charge in [-0.1, -0.05) is 19.1 Å². The van der Waals surface area contributed by atoms with Crippen LogP contribution in [0.5, 0.6) is 5.75 Å². The Bertz CT molecular complexity index is 432. The van der Waals surface area contributed by atoms with Crippen molar-refractivity contribution in [3.63, 3.8) is 0 Å². The summed E-state index contributed by atoms with van der Waals surface area (Å²) >= 11 is 0. The van der Waals surface area contributed by atoms with Gasteiger partial charge in [0.05, 0.1) is 19.7 Å². The number of methoxy groups -OCH3 is 1.